The van der Waals surface area contributed by atoms with Crippen LogP contribution in [0.3, 0.4) is 0 Å². The zero-order chi connectivity index (χ0) is 15.6. The topological polar surface area (TPSA) is 69.1 Å². The first-order valence-electron chi connectivity index (χ1n) is 8.22. The Morgan fingerprint density at radius 3 is 1.71 bits per heavy atom. The van der Waals surface area contributed by atoms with Crippen LogP contribution in [0.2, 0.25) is 0 Å². The molecule has 0 spiro atoms. The SMILES string of the molecule is NCCCCCCCCCCC=O.NCc1ccccc1. The predicted octanol–water partition coefficient (Wildman–Crippen LogP) is 3.80. The van der Waals surface area contributed by atoms with Crippen LogP contribution in [0.4, 0.5) is 0 Å². The zero-order valence-electron chi connectivity index (χ0n) is 13.3. The van der Waals surface area contributed by atoms with Crippen LogP contribution in [0, 0.1) is 0 Å². The summed E-state index contributed by atoms with van der Waals surface area (Å²) in [6.07, 6.45) is 11.8. The first-order valence-corrected chi connectivity index (χ1v) is 8.22. The molecule has 0 heterocycles. The molecule has 0 bridgehead atoms. The summed E-state index contributed by atoms with van der Waals surface area (Å²) >= 11 is 0. The van der Waals surface area contributed by atoms with Gasteiger partial charge in [-0.15, -0.1) is 0 Å². The molecular formula is C18H32N2O. The lowest BCUT2D eigenvalue weighted by atomic mass is 10.1. The van der Waals surface area contributed by atoms with E-state index in [0.29, 0.717) is 6.54 Å². The van der Waals surface area contributed by atoms with E-state index in [-0.39, 0.29) is 0 Å². The van der Waals surface area contributed by atoms with Crippen LogP contribution < -0.4 is 11.5 Å². The molecule has 1 aromatic carbocycles. The van der Waals surface area contributed by atoms with Gasteiger partial charge >= 0.3 is 0 Å². The Kier molecular flexibility index (Phi) is 15.9. The summed E-state index contributed by atoms with van der Waals surface area (Å²) in [6.45, 7) is 1.47. The van der Waals surface area contributed by atoms with Crippen molar-refractivity contribution in [1.29, 1.82) is 0 Å². The standard InChI is InChI=1S/C11H23NO.C7H9N/c12-10-8-6-4-2-1-3-5-7-9-11-13;8-6-7-4-2-1-3-5-7/h11H,1-10,12H2;1-5H,6,8H2. The van der Waals surface area contributed by atoms with Crippen LogP contribution in [-0.4, -0.2) is 12.8 Å². The maximum absolute atomic E-state index is 10.0. The Bertz CT molecular complexity index is 314. The summed E-state index contributed by atoms with van der Waals surface area (Å²) in [6, 6.07) is 9.99. The van der Waals surface area contributed by atoms with Gasteiger partial charge in [0.25, 0.3) is 0 Å². The maximum atomic E-state index is 10.0. The molecule has 0 aliphatic heterocycles. The van der Waals surface area contributed by atoms with Gasteiger partial charge in [-0.2, -0.15) is 0 Å². The minimum atomic E-state index is 0.640. The average Bonchev–Trinajstić information content (AvgIpc) is 2.55. The van der Waals surface area contributed by atoms with Crippen molar-refractivity contribution in [3.8, 4) is 0 Å². The number of carbonyl (C=O) groups is 1. The number of rotatable bonds is 11. The zero-order valence-corrected chi connectivity index (χ0v) is 13.3. The van der Waals surface area contributed by atoms with Gasteiger partial charge in [0.15, 0.2) is 0 Å². The summed E-state index contributed by atoms with van der Waals surface area (Å²) < 4.78 is 0. The lowest BCUT2D eigenvalue weighted by molar-refractivity contribution is -0.107. The monoisotopic (exact) mass is 292 g/mol. The molecule has 0 saturated carbocycles. The Balaban J connectivity index is 0.000000423. The molecule has 3 nitrogen and oxygen atoms in total. The molecule has 0 amide bonds. The third kappa shape index (κ3) is 15.0. The molecule has 0 unspecified atom stereocenters. The van der Waals surface area contributed by atoms with Crippen molar-refractivity contribution in [2.45, 2.75) is 64.3 Å². The average molecular weight is 292 g/mol. The molecule has 21 heavy (non-hydrogen) atoms. The van der Waals surface area contributed by atoms with Gasteiger partial charge in [0, 0.05) is 13.0 Å². The normalized spacial score (nSPS) is 9.81. The fraction of sp³-hybridized carbons (Fsp3) is 0.611. The van der Waals surface area contributed by atoms with Crippen LogP contribution >= 0.6 is 0 Å². The fourth-order valence-electron chi connectivity index (χ4n) is 2.05. The minimum Gasteiger partial charge on any atom is -0.330 e. The number of unbranched alkanes of at least 4 members (excludes halogenated alkanes) is 8. The Morgan fingerprint density at radius 1 is 0.762 bits per heavy atom. The molecule has 0 saturated heterocycles. The third-order valence-corrected chi connectivity index (χ3v) is 3.35. The van der Waals surface area contributed by atoms with Crippen LogP contribution in [0.5, 0.6) is 0 Å². The highest BCUT2D eigenvalue weighted by Gasteiger charge is 1.91. The third-order valence-electron chi connectivity index (χ3n) is 3.35. The lowest BCUT2D eigenvalue weighted by Gasteiger charge is -1.99. The first kappa shape index (κ1) is 19.8. The second-order valence-electron chi connectivity index (χ2n) is 5.26. The number of aldehydes is 1. The molecule has 0 aromatic heterocycles. The van der Waals surface area contributed by atoms with E-state index in [1.165, 1.54) is 50.5 Å². The number of hydrogen-bond acceptors (Lipinski definition) is 3. The molecule has 0 atom stereocenters. The van der Waals surface area contributed by atoms with Crippen molar-refractivity contribution in [3.63, 3.8) is 0 Å². The second-order valence-corrected chi connectivity index (χ2v) is 5.26. The van der Waals surface area contributed by atoms with Gasteiger partial charge in [0.2, 0.25) is 0 Å². The summed E-state index contributed by atoms with van der Waals surface area (Å²) in [4.78, 5) is 10.0. The van der Waals surface area contributed by atoms with Gasteiger partial charge in [-0.25, -0.2) is 0 Å². The van der Waals surface area contributed by atoms with E-state index in [0.717, 1.165) is 25.7 Å². The van der Waals surface area contributed by atoms with Crippen LogP contribution in [0.25, 0.3) is 0 Å². The summed E-state index contributed by atoms with van der Waals surface area (Å²) in [5.74, 6) is 0. The van der Waals surface area contributed by atoms with Gasteiger partial charge in [-0.3, -0.25) is 0 Å². The number of hydrogen-bond donors (Lipinski definition) is 2. The van der Waals surface area contributed by atoms with Crippen molar-refractivity contribution < 1.29 is 4.79 Å². The fourth-order valence-corrected chi connectivity index (χ4v) is 2.05. The molecule has 0 aliphatic rings. The number of benzene rings is 1. The Labute approximate surface area is 130 Å². The minimum absolute atomic E-state index is 0.640. The van der Waals surface area contributed by atoms with Crippen molar-refractivity contribution in [1.82, 2.24) is 0 Å². The molecule has 0 aliphatic carbocycles. The van der Waals surface area contributed by atoms with Gasteiger partial charge in [-0.1, -0.05) is 68.9 Å². The first-order chi connectivity index (χ1) is 10.3. The summed E-state index contributed by atoms with van der Waals surface area (Å²) in [5.41, 5.74) is 11.9. The molecule has 120 valence electrons. The second kappa shape index (κ2) is 16.9. The van der Waals surface area contributed by atoms with Crippen LogP contribution in [0.1, 0.15) is 63.4 Å². The van der Waals surface area contributed by atoms with E-state index in [1.807, 2.05) is 30.3 Å². The largest absolute Gasteiger partial charge is 0.330 e. The van der Waals surface area contributed by atoms with Crippen molar-refractivity contribution >= 4 is 6.29 Å². The smallest absolute Gasteiger partial charge is 0.119 e. The van der Waals surface area contributed by atoms with Crippen LogP contribution in [0.15, 0.2) is 30.3 Å². The highest BCUT2D eigenvalue weighted by Crippen LogP contribution is 2.08. The molecule has 4 N–H and O–H groups in total. The predicted molar refractivity (Wildman–Crippen MR) is 91.0 cm³/mol. The number of carbonyl (C=O) groups excluding carboxylic acids is 1. The van der Waals surface area contributed by atoms with Gasteiger partial charge in [0.05, 0.1) is 0 Å². The molecule has 1 aromatic rings. The summed E-state index contributed by atoms with van der Waals surface area (Å²) in [7, 11) is 0. The molecular weight excluding hydrogens is 260 g/mol. The van der Waals surface area contributed by atoms with E-state index in [4.69, 9.17) is 11.5 Å². The highest BCUT2D eigenvalue weighted by atomic mass is 16.1. The van der Waals surface area contributed by atoms with Gasteiger partial charge < -0.3 is 16.3 Å². The van der Waals surface area contributed by atoms with Crippen molar-refractivity contribution in [2.75, 3.05) is 6.54 Å². The lowest BCUT2D eigenvalue weighted by Crippen LogP contribution is -1.97. The molecule has 3 heteroatoms. The molecule has 0 fully saturated rings. The molecule has 0 radical (unpaired) electrons. The summed E-state index contributed by atoms with van der Waals surface area (Å²) in [5, 5.41) is 0. The van der Waals surface area contributed by atoms with E-state index in [9.17, 15) is 4.79 Å². The van der Waals surface area contributed by atoms with E-state index in [1.54, 1.807) is 0 Å². The van der Waals surface area contributed by atoms with Gasteiger partial charge in [0.1, 0.15) is 6.29 Å². The maximum Gasteiger partial charge on any atom is 0.119 e. The Hall–Kier alpha value is -1.19. The van der Waals surface area contributed by atoms with Gasteiger partial charge in [-0.05, 0) is 24.9 Å². The quantitative estimate of drug-likeness (QED) is 0.481. The van der Waals surface area contributed by atoms with E-state index in [2.05, 4.69) is 0 Å². The number of nitrogens with two attached hydrogens (primary N) is 2. The van der Waals surface area contributed by atoms with Crippen molar-refractivity contribution in [3.05, 3.63) is 35.9 Å². The molecule has 1 rings (SSSR count). The highest BCUT2D eigenvalue weighted by molar-refractivity contribution is 5.48. The van der Waals surface area contributed by atoms with Crippen molar-refractivity contribution in [2.24, 2.45) is 11.5 Å². The Morgan fingerprint density at radius 2 is 1.29 bits per heavy atom. The van der Waals surface area contributed by atoms with E-state index >= 15 is 0 Å². The van der Waals surface area contributed by atoms with E-state index < -0.39 is 0 Å². The van der Waals surface area contributed by atoms with Crippen LogP contribution in [-0.2, 0) is 11.3 Å².